The minimum atomic E-state index is -0.634. The van der Waals surface area contributed by atoms with E-state index >= 15 is 0 Å². The van der Waals surface area contributed by atoms with Crippen molar-refractivity contribution in [2.45, 2.75) is 20.5 Å². The number of aromatic nitrogens is 1. The number of carbonyl (C=O) groups is 3. The summed E-state index contributed by atoms with van der Waals surface area (Å²) in [6.07, 6.45) is 1.62. The van der Waals surface area contributed by atoms with Crippen LogP contribution in [0.15, 0.2) is 72.2 Å². The number of rotatable bonds is 7. The van der Waals surface area contributed by atoms with E-state index in [9.17, 15) is 14.4 Å². The molecule has 0 aliphatic carbocycles. The molecule has 0 spiro atoms. The van der Waals surface area contributed by atoms with Gasteiger partial charge in [-0.1, -0.05) is 19.9 Å². The summed E-state index contributed by atoms with van der Waals surface area (Å²) in [5.41, 5.74) is 10.1. The van der Waals surface area contributed by atoms with Gasteiger partial charge in [0.15, 0.2) is 0 Å². The van der Waals surface area contributed by atoms with Crippen molar-refractivity contribution in [3.63, 3.8) is 0 Å². The summed E-state index contributed by atoms with van der Waals surface area (Å²) in [7, 11) is 1.28. The van der Waals surface area contributed by atoms with Gasteiger partial charge in [0, 0.05) is 50.9 Å². The maximum Gasteiger partial charge on any atom is 0.338 e. The number of benzene rings is 3. The van der Waals surface area contributed by atoms with E-state index in [-0.39, 0.29) is 23.3 Å². The van der Waals surface area contributed by atoms with Crippen molar-refractivity contribution in [3.05, 3.63) is 94.5 Å². The number of pyridine rings is 1. The number of amides is 2. The van der Waals surface area contributed by atoms with E-state index < -0.39 is 5.97 Å². The number of nitrogens with zero attached hydrogens (tertiary/aromatic N) is 1. The summed E-state index contributed by atoms with van der Waals surface area (Å²) < 4.78 is 11.2. The zero-order valence-electron chi connectivity index (χ0n) is 24.4. The highest BCUT2D eigenvalue weighted by Gasteiger charge is 2.27. The topological polar surface area (TPSA) is 133 Å². The van der Waals surface area contributed by atoms with Gasteiger partial charge in [-0.25, -0.2) is 9.78 Å². The maximum absolute atomic E-state index is 14.1. The Balaban J connectivity index is 1.47. The van der Waals surface area contributed by atoms with E-state index in [1.165, 1.54) is 13.2 Å². The molecule has 1 aliphatic rings. The lowest BCUT2D eigenvalue weighted by molar-refractivity contribution is 0.0601. The van der Waals surface area contributed by atoms with Crippen LogP contribution in [0, 0.1) is 5.92 Å². The van der Waals surface area contributed by atoms with Crippen molar-refractivity contribution in [1.29, 1.82) is 0 Å². The standard InChI is InChI=1S/C34H30N4O5S/c1-18(2)16-37-32(39)20-4-6-24(27(13-20)34(41)42-3)25-15-29-28(30-21(17-43-29)9-11-44-30)14-26(25)33(40)38-22-5-7-23-19(12-22)8-10-36-31(23)35/h4-15,18H,16-17H2,1-3H3,(H2,35,36)(H,37,39)(H,38,40). The monoisotopic (exact) mass is 606 g/mol. The van der Waals surface area contributed by atoms with E-state index in [0.29, 0.717) is 52.7 Å². The Morgan fingerprint density at radius 3 is 2.61 bits per heavy atom. The molecule has 0 saturated carbocycles. The van der Waals surface area contributed by atoms with E-state index in [2.05, 4.69) is 15.6 Å². The molecule has 0 bridgehead atoms. The van der Waals surface area contributed by atoms with E-state index in [4.69, 9.17) is 15.2 Å². The fraction of sp³-hybridized carbons (Fsp3) is 0.176. The summed E-state index contributed by atoms with van der Waals surface area (Å²) in [4.78, 5) is 45.2. The van der Waals surface area contributed by atoms with Gasteiger partial charge in [0.1, 0.15) is 18.2 Å². The van der Waals surface area contributed by atoms with Crippen molar-refractivity contribution in [2.24, 2.45) is 5.92 Å². The average molecular weight is 607 g/mol. The number of methoxy groups -OCH3 is 1. The van der Waals surface area contributed by atoms with Crippen LogP contribution in [0.5, 0.6) is 5.75 Å². The number of nitrogen functional groups attached to an aromatic ring is 1. The number of nitrogens with one attached hydrogen (secondary N) is 2. The molecule has 44 heavy (non-hydrogen) atoms. The molecule has 0 saturated heterocycles. The van der Waals surface area contributed by atoms with E-state index in [0.717, 1.165) is 26.8 Å². The van der Waals surface area contributed by atoms with Gasteiger partial charge < -0.3 is 25.8 Å². The second-order valence-electron chi connectivity index (χ2n) is 10.9. The summed E-state index contributed by atoms with van der Waals surface area (Å²) in [5.74, 6) is -0.0717. The van der Waals surface area contributed by atoms with Crippen molar-refractivity contribution < 1.29 is 23.9 Å². The molecule has 222 valence electrons. The van der Waals surface area contributed by atoms with E-state index in [1.807, 2.05) is 43.5 Å². The third kappa shape index (κ3) is 5.47. The van der Waals surface area contributed by atoms with Crippen LogP contribution in [-0.2, 0) is 11.3 Å². The van der Waals surface area contributed by atoms with Crippen molar-refractivity contribution in [3.8, 4) is 27.3 Å². The van der Waals surface area contributed by atoms with Crippen molar-refractivity contribution in [1.82, 2.24) is 10.3 Å². The van der Waals surface area contributed by atoms with Crippen LogP contribution in [0.4, 0.5) is 11.5 Å². The molecular formula is C34H30N4O5S. The summed E-state index contributed by atoms with van der Waals surface area (Å²) in [5, 5.41) is 9.48. The number of esters is 1. The number of nitrogens with two attached hydrogens (primary N) is 1. The minimum absolute atomic E-state index is 0.153. The molecule has 1 aliphatic heterocycles. The first-order chi connectivity index (χ1) is 21.2. The van der Waals surface area contributed by atoms with Crippen LogP contribution in [0.2, 0.25) is 0 Å². The summed E-state index contributed by atoms with van der Waals surface area (Å²) >= 11 is 1.57. The highest BCUT2D eigenvalue weighted by molar-refractivity contribution is 7.13. The Kier molecular flexibility index (Phi) is 7.75. The quantitative estimate of drug-likeness (QED) is 0.179. The van der Waals surface area contributed by atoms with Gasteiger partial charge >= 0.3 is 5.97 Å². The second-order valence-corrected chi connectivity index (χ2v) is 11.8. The zero-order valence-corrected chi connectivity index (χ0v) is 25.2. The molecule has 5 aromatic rings. The molecular weight excluding hydrogens is 576 g/mol. The first-order valence-electron chi connectivity index (χ1n) is 14.1. The average Bonchev–Trinajstić information content (AvgIpc) is 3.52. The molecule has 0 fully saturated rings. The second kappa shape index (κ2) is 11.8. The van der Waals surface area contributed by atoms with Gasteiger partial charge in [-0.05, 0) is 82.4 Å². The molecule has 4 N–H and O–H groups in total. The van der Waals surface area contributed by atoms with Crippen molar-refractivity contribution >= 4 is 51.4 Å². The Morgan fingerprint density at radius 1 is 0.977 bits per heavy atom. The molecule has 0 radical (unpaired) electrons. The number of carbonyl (C=O) groups excluding carboxylic acids is 3. The molecule has 0 unspecified atom stereocenters. The molecule has 2 aromatic heterocycles. The molecule has 2 amide bonds. The Morgan fingerprint density at radius 2 is 1.82 bits per heavy atom. The normalized spacial score (nSPS) is 11.8. The van der Waals surface area contributed by atoms with Crippen LogP contribution < -0.4 is 21.1 Å². The fourth-order valence-electron chi connectivity index (χ4n) is 5.20. The number of thiophene rings is 1. The first kappa shape index (κ1) is 28.9. The van der Waals surface area contributed by atoms with Crippen LogP contribution in [0.25, 0.3) is 32.3 Å². The number of anilines is 2. The zero-order chi connectivity index (χ0) is 31.0. The lowest BCUT2D eigenvalue weighted by Gasteiger charge is -2.22. The Bertz CT molecular complexity index is 1950. The fourth-order valence-corrected chi connectivity index (χ4v) is 6.14. The molecule has 10 heteroatoms. The van der Waals surface area contributed by atoms with Gasteiger partial charge in [0.2, 0.25) is 0 Å². The van der Waals surface area contributed by atoms with Gasteiger partial charge in [-0.15, -0.1) is 11.3 Å². The van der Waals surface area contributed by atoms with Crippen LogP contribution >= 0.6 is 11.3 Å². The summed E-state index contributed by atoms with van der Waals surface area (Å²) in [6, 6.07) is 17.6. The van der Waals surface area contributed by atoms with Crippen molar-refractivity contribution in [2.75, 3.05) is 24.7 Å². The van der Waals surface area contributed by atoms with Gasteiger partial charge in [-0.3, -0.25) is 9.59 Å². The van der Waals surface area contributed by atoms with Gasteiger partial charge in [0.05, 0.1) is 12.7 Å². The number of fused-ring (bicyclic) bond motifs is 4. The predicted molar refractivity (Wildman–Crippen MR) is 172 cm³/mol. The number of ether oxygens (including phenoxy) is 2. The SMILES string of the molecule is COC(=O)c1cc(C(=O)NCC(C)C)ccc1-c1cc2c(cc1C(=O)Nc1ccc3c(N)nccc3c1)-c1sccc1CO2. The highest BCUT2D eigenvalue weighted by atomic mass is 32.1. The minimum Gasteiger partial charge on any atom is -0.488 e. The Hall–Kier alpha value is -5.22. The van der Waals surface area contributed by atoms with E-state index in [1.54, 1.807) is 47.9 Å². The lowest BCUT2D eigenvalue weighted by Crippen LogP contribution is -2.27. The largest absolute Gasteiger partial charge is 0.488 e. The van der Waals surface area contributed by atoms with Gasteiger partial charge in [-0.2, -0.15) is 0 Å². The number of hydrogen-bond acceptors (Lipinski definition) is 8. The molecule has 9 nitrogen and oxygen atoms in total. The summed E-state index contributed by atoms with van der Waals surface area (Å²) in [6.45, 7) is 4.88. The van der Waals surface area contributed by atoms with Gasteiger partial charge in [0.25, 0.3) is 11.8 Å². The smallest absolute Gasteiger partial charge is 0.338 e. The van der Waals surface area contributed by atoms with Crippen LogP contribution in [0.1, 0.15) is 50.5 Å². The lowest BCUT2D eigenvalue weighted by atomic mass is 9.90. The highest BCUT2D eigenvalue weighted by Crippen LogP contribution is 2.45. The predicted octanol–water partition coefficient (Wildman–Crippen LogP) is 6.53. The molecule has 6 rings (SSSR count). The molecule has 0 atom stereocenters. The Labute approximate surface area is 258 Å². The van der Waals surface area contributed by atoms with Crippen LogP contribution in [0.3, 0.4) is 0 Å². The first-order valence-corrected chi connectivity index (χ1v) is 15.0. The maximum atomic E-state index is 14.1. The third-order valence-electron chi connectivity index (χ3n) is 7.44. The molecule has 3 aromatic carbocycles. The number of hydrogen-bond donors (Lipinski definition) is 3. The third-order valence-corrected chi connectivity index (χ3v) is 8.43. The van der Waals surface area contributed by atoms with Crippen LogP contribution in [-0.4, -0.2) is 36.4 Å². The molecule has 3 heterocycles.